The zero-order chi connectivity index (χ0) is 16.5. The second-order valence-corrected chi connectivity index (χ2v) is 5.84. The van der Waals surface area contributed by atoms with Gasteiger partial charge in [-0.3, -0.25) is 4.90 Å². The Kier molecular flexibility index (Phi) is 7.20. The van der Waals surface area contributed by atoms with E-state index in [0.29, 0.717) is 13.2 Å². The summed E-state index contributed by atoms with van der Waals surface area (Å²) in [5.41, 5.74) is 1.20. The Labute approximate surface area is 139 Å². The van der Waals surface area contributed by atoms with Crippen molar-refractivity contribution in [1.29, 1.82) is 0 Å². The van der Waals surface area contributed by atoms with Gasteiger partial charge in [0.25, 0.3) is 0 Å². The zero-order valence-electron chi connectivity index (χ0n) is 14.2. The maximum Gasteiger partial charge on any atom is 0.407 e. The topological polar surface area (TPSA) is 50.8 Å². The maximum absolute atomic E-state index is 11.7. The fourth-order valence-corrected chi connectivity index (χ4v) is 3.05. The first-order valence-corrected chi connectivity index (χ1v) is 8.53. The summed E-state index contributed by atoms with van der Waals surface area (Å²) in [4.78, 5) is 14.1. The lowest BCUT2D eigenvalue weighted by atomic mass is 10.0. The number of alkyl carbamates (subject to hydrolysis) is 1. The summed E-state index contributed by atoms with van der Waals surface area (Å²) in [5.74, 6) is 0.849. The summed E-state index contributed by atoms with van der Waals surface area (Å²) in [6, 6.07) is 8.29. The number of carbonyl (C=O) groups is 1. The summed E-state index contributed by atoms with van der Waals surface area (Å²) >= 11 is 0. The highest BCUT2D eigenvalue weighted by molar-refractivity contribution is 5.67. The van der Waals surface area contributed by atoms with Crippen LogP contribution >= 0.6 is 0 Å². The molecule has 2 rings (SSSR count). The van der Waals surface area contributed by atoms with E-state index in [-0.39, 0.29) is 12.1 Å². The number of amides is 1. The number of nitrogens with one attached hydrogen (secondary N) is 1. The molecule has 0 aliphatic carbocycles. The van der Waals surface area contributed by atoms with Crippen molar-refractivity contribution in [2.45, 2.75) is 38.6 Å². The first-order valence-electron chi connectivity index (χ1n) is 8.53. The predicted octanol–water partition coefficient (Wildman–Crippen LogP) is 3.36. The Morgan fingerprint density at radius 1 is 1.17 bits per heavy atom. The molecule has 1 heterocycles. The molecule has 0 bridgehead atoms. The molecule has 0 spiro atoms. The number of nitrogens with zero attached hydrogens (tertiary/aromatic N) is 1. The molecule has 1 aromatic rings. The summed E-state index contributed by atoms with van der Waals surface area (Å²) in [7, 11) is 1.67. The van der Waals surface area contributed by atoms with E-state index < -0.39 is 0 Å². The lowest BCUT2D eigenvalue weighted by Crippen LogP contribution is -2.38. The van der Waals surface area contributed by atoms with Gasteiger partial charge in [0, 0.05) is 6.54 Å². The lowest BCUT2D eigenvalue weighted by Gasteiger charge is -2.31. The van der Waals surface area contributed by atoms with Crippen LogP contribution in [0.25, 0.3) is 0 Å². The highest BCUT2D eigenvalue weighted by atomic mass is 16.5. The lowest BCUT2D eigenvalue weighted by molar-refractivity contribution is 0.143. The van der Waals surface area contributed by atoms with Gasteiger partial charge in [-0.25, -0.2) is 4.79 Å². The molecule has 1 aliphatic rings. The highest BCUT2D eigenvalue weighted by Gasteiger charge is 2.22. The highest BCUT2D eigenvalue weighted by Crippen LogP contribution is 2.25. The molecule has 1 amide bonds. The van der Waals surface area contributed by atoms with Gasteiger partial charge in [0.05, 0.1) is 19.8 Å². The summed E-state index contributed by atoms with van der Waals surface area (Å²) in [6.45, 7) is 4.91. The fourth-order valence-electron chi connectivity index (χ4n) is 3.05. The van der Waals surface area contributed by atoms with Crippen LogP contribution in [0.3, 0.4) is 0 Å². The number of hydrogen-bond acceptors (Lipinski definition) is 4. The molecule has 0 saturated carbocycles. The van der Waals surface area contributed by atoms with Crippen molar-refractivity contribution in [2.24, 2.45) is 0 Å². The molecule has 1 saturated heterocycles. The molecule has 128 valence electrons. The quantitative estimate of drug-likeness (QED) is 0.873. The van der Waals surface area contributed by atoms with E-state index >= 15 is 0 Å². The minimum atomic E-state index is -0.346. The van der Waals surface area contributed by atoms with Crippen LogP contribution in [0.2, 0.25) is 0 Å². The monoisotopic (exact) mass is 320 g/mol. The van der Waals surface area contributed by atoms with Gasteiger partial charge >= 0.3 is 6.09 Å². The molecule has 5 heteroatoms. The SMILES string of the molecule is CCOC(=O)NCC(c1ccc(OC)cc1)N1CCCCCC1. The maximum atomic E-state index is 11.7. The van der Waals surface area contributed by atoms with Crippen molar-refractivity contribution in [2.75, 3.05) is 33.4 Å². The van der Waals surface area contributed by atoms with Crippen molar-refractivity contribution >= 4 is 6.09 Å². The molecule has 1 atom stereocenters. The summed E-state index contributed by atoms with van der Waals surface area (Å²) in [6.07, 6.45) is 4.66. The molecule has 5 nitrogen and oxygen atoms in total. The summed E-state index contributed by atoms with van der Waals surface area (Å²) < 4.78 is 10.2. The average Bonchev–Trinajstić information content (AvgIpc) is 2.85. The largest absolute Gasteiger partial charge is 0.497 e. The Balaban J connectivity index is 2.09. The average molecular weight is 320 g/mol. The van der Waals surface area contributed by atoms with Crippen molar-refractivity contribution in [3.63, 3.8) is 0 Å². The number of benzene rings is 1. The molecular weight excluding hydrogens is 292 g/mol. The minimum Gasteiger partial charge on any atom is -0.497 e. The molecule has 1 unspecified atom stereocenters. The van der Waals surface area contributed by atoms with Gasteiger partial charge in [0.15, 0.2) is 0 Å². The van der Waals surface area contributed by atoms with E-state index in [1.54, 1.807) is 7.11 Å². The molecule has 1 aliphatic heterocycles. The van der Waals surface area contributed by atoms with Gasteiger partial charge in [-0.1, -0.05) is 25.0 Å². The van der Waals surface area contributed by atoms with Crippen molar-refractivity contribution < 1.29 is 14.3 Å². The van der Waals surface area contributed by atoms with Gasteiger partial charge < -0.3 is 14.8 Å². The van der Waals surface area contributed by atoms with Gasteiger partial charge in [-0.05, 0) is 50.6 Å². The van der Waals surface area contributed by atoms with Crippen LogP contribution in [0.5, 0.6) is 5.75 Å². The predicted molar refractivity (Wildman–Crippen MR) is 90.8 cm³/mol. The first kappa shape index (κ1) is 17.6. The van der Waals surface area contributed by atoms with E-state index in [4.69, 9.17) is 9.47 Å². The van der Waals surface area contributed by atoms with Gasteiger partial charge in [0.2, 0.25) is 0 Å². The minimum absolute atomic E-state index is 0.170. The molecule has 1 fully saturated rings. The fraction of sp³-hybridized carbons (Fsp3) is 0.611. The number of carbonyl (C=O) groups excluding carboxylic acids is 1. The van der Waals surface area contributed by atoms with E-state index in [1.807, 2.05) is 19.1 Å². The van der Waals surface area contributed by atoms with Gasteiger partial charge in [-0.2, -0.15) is 0 Å². The molecular formula is C18H28N2O3. The van der Waals surface area contributed by atoms with E-state index in [0.717, 1.165) is 18.8 Å². The third-order valence-electron chi connectivity index (χ3n) is 4.30. The Bertz CT molecular complexity index is 468. The van der Waals surface area contributed by atoms with Crippen molar-refractivity contribution in [3.8, 4) is 5.75 Å². The third-order valence-corrected chi connectivity index (χ3v) is 4.30. The molecule has 1 N–H and O–H groups in total. The number of hydrogen-bond donors (Lipinski definition) is 1. The van der Waals surface area contributed by atoms with Crippen LogP contribution in [0.1, 0.15) is 44.2 Å². The molecule has 0 aromatic heterocycles. The van der Waals surface area contributed by atoms with Crippen LogP contribution in [0, 0.1) is 0 Å². The molecule has 1 aromatic carbocycles. The first-order chi connectivity index (χ1) is 11.2. The van der Waals surface area contributed by atoms with E-state index in [9.17, 15) is 4.79 Å². The van der Waals surface area contributed by atoms with Crippen LogP contribution < -0.4 is 10.1 Å². The zero-order valence-corrected chi connectivity index (χ0v) is 14.2. The molecule has 23 heavy (non-hydrogen) atoms. The van der Waals surface area contributed by atoms with Gasteiger partial charge in [-0.15, -0.1) is 0 Å². The van der Waals surface area contributed by atoms with Crippen LogP contribution in [-0.4, -0.2) is 44.3 Å². The van der Waals surface area contributed by atoms with E-state index in [1.165, 1.54) is 31.2 Å². The second-order valence-electron chi connectivity index (χ2n) is 5.84. The number of methoxy groups -OCH3 is 1. The smallest absolute Gasteiger partial charge is 0.407 e. The van der Waals surface area contributed by atoms with Crippen LogP contribution in [-0.2, 0) is 4.74 Å². The summed E-state index contributed by atoms with van der Waals surface area (Å²) in [5, 5.41) is 2.89. The normalized spacial score (nSPS) is 17.1. The van der Waals surface area contributed by atoms with Crippen molar-refractivity contribution in [3.05, 3.63) is 29.8 Å². The Morgan fingerprint density at radius 3 is 2.39 bits per heavy atom. The van der Waals surface area contributed by atoms with Gasteiger partial charge in [0.1, 0.15) is 5.75 Å². The number of likely N-dealkylation sites (tertiary alicyclic amines) is 1. The third kappa shape index (κ3) is 5.43. The standard InChI is InChI=1S/C18H28N2O3/c1-3-23-18(21)19-14-17(20-12-6-4-5-7-13-20)15-8-10-16(22-2)11-9-15/h8-11,17H,3-7,12-14H2,1-2H3,(H,19,21). The Hall–Kier alpha value is -1.75. The van der Waals surface area contributed by atoms with Crippen LogP contribution in [0.4, 0.5) is 4.79 Å². The van der Waals surface area contributed by atoms with Crippen molar-refractivity contribution in [1.82, 2.24) is 10.2 Å². The van der Waals surface area contributed by atoms with Crippen LogP contribution in [0.15, 0.2) is 24.3 Å². The number of ether oxygens (including phenoxy) is 2. The Morgan fingerprint density at radius 2 is 1.83 bits per heavy atom. The second kappa shape index (κ2) is 9.40. The number of rotatable bonds is 6. The van der Waals surface area contributed by atoms with E-state index in [2.05, 4.69) is 22.3 Å². The molecule has 0 radical (unpaired) electrons.